The first-order valence-electron chi connectivity index (χ1n) is 8.99. The number of hydrogen-bond donors (Lipinski definition) is 2. The Morgan fingerprint density at radius 3 is 2.52 bits per heavy atom. The van der Waals surface area contributed by atoms with Crippen molar-refractivity contribution < 1.29 is 0 Å². The van der Waals surface area contributed by atoms with Crippen LogP contribution in [0.4, 0.5) is 0 Å². The van der Waals surface area contributed by atoms with Gasteiger partial charge in [-0.05, 0) is 48.6 Å². The van der Waals surface area contributed by atoms with Crippen LogP contribution in [0, 0.1) is 5.92 Å². The minimum Gasteiger partial charge on any atom is -0.369 e. The van der Waals surface area contributed by atoms with Crippen molar-refractivity contribution in [1.82, 2.24) is 10.6 Å². The second kappa shape index (κ2) is 7.59. The molecule has 25 heavy (non-hydrogen) atoms. The van der Waals surface area contributed by atoms with Gasteiger partial charge in [-0.2, -0.15) is 0 Å². The third-order valence-electron chi connectivity index (χ3n) is 5.05. The largest absolute Gasteiger partial charge is 0.369 e. The predicted molar refractivity (Wildman–Crippen MR) is 107 cm³/mol. The fourth-order valence-electron chi connectivity index (χ4n) is 3.71. The van der Waals surface area contributed by atoms with Crippen LogP contribution in [-0.2, 0) is 0 Å². The van der Waals surface area contributed by atoms with Gasteiger partial charge in [-0.1, -0.05) is 70.5 Å². The standard InChI is InChI=1S/C22H23BrN2/c23-19-13-7-12-18(14-19)22-24-20(16-8-3-1-4-9-16)15-21(25-22)17-10-5-2-6-11-17/h1-5,7-9,12-15,17,20,22,24-25H,6,10-11H2. The van der Waals surface area contributed by atoms with E-state index in [4.69, 9.17) is 0 Å². The Morgan fingerprint density at radius 1 is 0.920 bits per heavy atom. The van der Waals surface area contributed by atoms with Gasteiger partial charge in [-0.25, -0.2) is 0 Å². The van der Waals surface area contributed by atoms with E-state index in [9.17, 15) is 0 Å². The maximum Gasteiger partial charge on any atom is 0.104 e. The van der Waals surface area contributed by atoms with E-state index in [0.29, 0.717) is 5.92 Å². The van der Waals surface area contributed by atoms with Gasteiger partial charge in [0.25, 0.3) is 0 Å². The summed E-state index contributed by atoms with van der Waals surface area (Å²) in [4.78, 5) is 0. The van der Waals surface area contributed by atoms with E-state index in [-0.39, 0.29) is 12.2 Å². The molecule has 2 N–H and O–H groups in total. The third kappa shape index (κ3) is 3.88. The molecule has 3 atom stereocenters. The van der Waals surface area contributed by atoms with E-state index in [1.54, 1.807) is 0 Å². The summed E-state index contributed by atoms with van der Waals surface area (Å²) in [5.41, 5.74) is 3.95. The molecule has 0 radical (unpaired) electrons. The van der Waals surface area contributed by atoms with Crippen LogP contribution in [0.1, 0.15) is 42.6 Å². The van der Waals surface area contributed by atoms with Crippen molar-refractivity contribution in [2.24, 2.45) is 5.92 Å². The van der Waals surface area contributed by atoms with Crippen molar-refractivity contribution in [2.45, 2.75) is 31.5 Å². The van der Waals surface area contributed by atoms with Crippen LogP contribution in [-0.4, -0.2) is 0 Å². The van der Waals surface area contributed by atoms with E-state index in [1.807, 2.05) is 0 Å². The number of rotatable bonds is 3. The molecule has 3 unspecified atom stereocenters. The van der Waals surface area contributed by atoms with E-state index < -0.39 is 0 Å². The van der Waals surface area contributed by atoms with Gasteiger partial charge < -0.3 is 5.32 Å². The fraction of sp³-hybridized carbons (Fsp3) is 0.273. The molecule has 1 aliphatic heterocycles. The van der Waals surface area contributed by atoms with Gasteiger partial charge in [-0.15, -0.1) is 0 Å². The first-order chi connectivity index (χ1) is 12.3. The molecule has 0 fully saturated rings. The molecule has 1 heterocycles. The summed E-state index contributed by atoms with van der Waals surface area (Å²) in [6.45, 7) is 0. The number of allylic oxidation sites excluding steroid dienone is 3. The second-order valence-corrected chi connectivity index (χ2v) is 7.71. The van der Waals surface area contributed by atoms with Gasteiger partial charge in [0.15, 0.2) is 0 Å². The topological polar surface area (TPSA) is 24.1 Å². The van der Waals surface area contributed by atoms with Crippen LogP contribution in [0.5, 0.6) is 0 Å². The zero-order valence-electron chi connectivity index (χ0n) is 14.2. The lowest BCUT2D eigenvalue weighted by molar-refractivity contribution is 0.373. The number of halogens is 1. The average Bonchev–Trinajstić information content (AvgIpc) is 2.69. The SMILES string of the molecule is Brc1cccc(C2NC(C3CC=CCC3)=CC(c3ccccc3)N2)c1. The Bertz CT molecular complexity index is 782. The monoisotopic (exact) mass is 394 g/mol. The molecular weight excluding hydrogens is 372 g/mol. The molecule has 2 aromatic carbocycles. The zero-order valence-corrected chi connectivity index (χ0v) is 15.7. The highest BCUT2D eigenvalue weighted by Crippen LogP contribution is 2.33. The summed E-state index contributed by atoms with van der Waals surface area (Å²) in [7, 11) is 0. The minimum absolute atomic E-state index is 0.119. The highest BCUT2D eigenvalue weighted by molar-refractivity contribution is 9.10. The molecule has 1 aliphatic carbocycles. The number of hydrogen-bond acceptors (Lipinski definition) is 2. The van der Waals surface area contributed by atoms with E-state index >= 15 is 0 Å². The molecule has 4 rings (SSSR count). The molecule has 2 aromatic rings. The molecule has 0 saturated heterocycles. The Labute approximate surface area is 158 Å². The first-order valence-corrected chi connectivity index (χ1v) is 9.78. The van der Waals surface area contributed by atoms with Crippen molar-refractivity contribution >= 4 is 15.9 Å². The van der Waals surface area contributed by atoms with E-state index in [2.05, 4.69) is 99.4 Å². The van der Waals surface area contributed by atoms with E-state index in [0.717, 1.165) is 10.9 Å². The van der Waals surface area contributed by atoms with Gasteiger partial charge >= 0.3 is 0 Å². The highest BCUT2D eigenvalue weighted by Gasteiger charge is 2.27. The van der Waals surface area contributed by atoms with Gasteiger partial charge in [0, 0.05) is 16.1 Å². The molecular formula is C22H23BrN2. The summed E-state index contributed by atoms with van der Waals surface area (Å²) < 4.78 is 1.11. The Kier molecular flexibility index (Phi) is 5.04. The van der Waals surface area contributed by atoms with Crippen LogP contribution in [0.3, 0.4) is 0 Å². The quantitative estimate of drug-likeness (QED) is 0.659. The summed E-state index contributed by atoms with van der Waals surface area (Å²) in [5.74, 6) is 0.591. The number of benzene rings is 2. The number of nitrogens with one attached hydrogen (secondary N) is 2. The smallest absolute Gasteiger partial charge is 0.104 e. The average molecular weight is 395 g/mol. The molecule has 0 bridgehead atoms. The van der Waals surface area contributed by atoms with Gasteiger partial charge in [0.05, 0.1) is 6.04 Å². The van der Waals surface area contributed by atoms with Gasteiger partial charge in [-0.3, -0.25) is 5.32 Å². The van der Waals surface area contributed by atoms with Crippen molar-refractivity contribution in [3.05, 3.63) is 94.1 Å². The van der Waals surface area contributed by atoms with Crippen LogP contribution >= 0.6 is 15.9 Å². The maximum atomic E-state index is 3.76. The van der Waals surface area contributed by atoms with Crippen molar-refractivity contribution in [1.29, 1.82) is 0 Å². The maximum absolute atomic E-state index is 3.76. The minimum atomic E-state index is 0.119. The lowest BCUT2D eigenvalue weighted by Crippen LogP contribution is -2.42. The van der Waals surface area contributed by atoms with Crippen molar-refractivity contribution in [3.8, 4) is 0 Å². The molecule has 128 valence electrons. The molecule has 2 nitrogen and oxygen atoms in total. The predicted octanol–water partition coefficient (Wildman–Crippen LogP) is 5.62. The zero-order chi connectivity index (χ0) is 17.1. The van der Waals surface area contributed by atoms with Crippen LogP contribution in [0.25, 0.3) is 0 Å². The lowest BCUT2D eigenvalue weighted by Gasteiger charge is -2.36. The third-order valence-corrected chi connectivity index (χ3v) is 5.55. The summed E-state index contributed by atoms with van der Waals surface area (Å²) in [5, 5.41) is 7.52. The summed E-state index contributed by atoms with van der Waals surface area (Å²) in [6, 6.07) is 19.5. The summed E-state index contributed by atoms with van der Waals surface area (Å²) >= 11 is 3.60. The highest BCUT2D eigenvalue weighted by atomic mass is 79.9. The molecule has 2 aliphatic rings. The van der Waals surface area contributed by atoms with Crippen molar-refractivity contribution in [2.75, 3.05) is 0 Å². The Hall–Kier alpha value is -1.84. The normalized spacial score (nSPS) is 26.0. The lowest BCUT2D eigenvalue weighted by atomic mass is 9.88. The molecule has 3 heteroatoms. The fourth-order valence-corrected chi connectivity index (χ4v) is 4.13. The molecule has 0 aromatic heterocycles. The molecule has 0 spiro atoms. The molecule has 0 amide bonds. The van der Waals surface area contributed by atoms with Crippen LogP contribution < -0.4 is 10.6 Å². The van der Waals surface area contributed by atoms with Gasteiger partial charge in [0.2, 0.25) is 0 Å². The molecule has 0 saturated carbocycles. The Balaban J connectivity index is 1.67. The summed E-state index contributed by atoms with van der Waals surface area (Å²) in [6.07, 6.45) is 10.7. The second-order valence-electron chi connectivity index (χ2n) is 6.79. The van der Waals surface area contributed by atoms with Crippen LogP contribution in [0.15, 0.2) is 83.0 Å². The Morgan fingerprint density at radius 2 is 1.76 bits per heavy atom. The first kappa shape index (κ1) is 16.6. The van der Waals surface area contributed by atoms with E-state index in [1.165, 1.54) is 29.7 Å². The van der Waals surface area contributed by atoms with Crippen molar-refractivity contribution in [3.63, 3.8) is 0 Å². The van der Waals surface area contributed by atoms with Crippen LogP contribution in [0.2, 0.25) is 0 Å². The van der Waals surface area contributed by atoms with Gasteiger partial charge in [0.1, 0.15) is 6.17 Å².